The molecular weight excluding hydrogens is 302 g/mol. The summed E-state index contributed by atoms with van der Waals surface area (Å²) in [4.78, 5) is 22.6. The molecule has 3 rings (SSSR count). The van der Waals surface area contributed by atoms with E-state index in [0.717, 1.165) is 48.1 Å². The number of aliphatic hydroxyl groups excluding tert-OH is 1. The van der Waals surface area contributed by atoms with Gasteiger partial charge in [-0.3, -0.25) is 4.79 Å². The largest absolute Gasteiger partial charge is 0.393 e. The van der Waals surface area contributed by atoms with Gasteiger partial charge in [-0.1, -0.05) is 18.6 Å². The number of para-hydroxylation sites is 1. The van der Waals surface area contributed by atoms with Gasteiger partial charge in [0.2, 0.25) is 5.91 Å². The van der Waals surface area contributed by atoms with Crippen LogP contribution in [0.3, 0.4) is 0 Å². The van der Waals surface area contributed by atoms with E-state index >= 15 is 0 Å². The summed E-state index contributed by atoms with van der Waals surface area (Å²) in [6.45, 7) is 5.44. The van der Waals surface area contributed by atoms with Crippen molar-refractivity contribution in [3.8, 4) is 0 Å². The smallest absolute Gasteiger partial charge is 0.225 e. The number of benzene rings is 1. The Labute approximate surface area is 143 Å². The Morgan fingerprint density at radius 3 is 2.96 bits per heavy atom. The number of rotatable bonds is 5. The van der Waals surface area contributed by atoms with Crippen molar-refractivity contribution in [2.45, 2.75) is 52.1 Å². The highest BCUT2D eigenvalue weighted by Crippen LogP contribution is 2.26. The molecule has 5 heteroatoms. The molecule has 24 heavy (non-hydrogen) atoms. The number of aliphatic hydroxyl groups is 1. The van der Waals surface area contributed by atoms with Crippen molar-refractivity contribution >= 4 is 16.9 Å². The molecule has 0 saturated heterocycles. The summed E-state index contributed by atoms with van der Waals surface area (Å²) >= 11 is 0. The van der Waals surface area contributed by atoms with E-state index in [9.17, 15) is 9.90 Å². The lowest BCUT2D eigenvalue weighted by Gasteiger charge is -2.30. The number of aromatic amines is 1. The van der Waals surface area contributed by atoms with E-state index in [1.54, 1.807) is 0 Å². The molecule has 1 amide bonds. The van der Waals surface area contributed by atoms with Gasteiger partial charge in [0.25, 0.3) is 0 Å². The Morgan fingerprint density at radius 1 is 1.42 bits per heavy atom. The normalized spacial score (nSPS) is 21.1. The van der Waals surface area contributed by atoms with Gasteiger partial charge in [-0.25, -0.2) is 4.98 Å². The van der Waals surface area contributed by atoms with Crippen LogP contribution in [-0.4, -0.2) is 45.1 Å². The van der Waals surface area contributed by atoms with Gasteiger partial charge < -0.3 is 15.0 Å². The number of aromatic nitrogens is 2. The number of carbonyl (C=O) groups excluding carboxylic acids is 1. The van der Waals surface area contributed by atoms with Crippen LogP contribution in [0.5, 0.6) is 0 Å². The molecule has 0 spiro atoms. The first-order valence-corrected chi connectivity index (χ1v) is 8.99. The van der Waals surface area contributed by atoms with Gasteiger partial charge in [0.05, 0.1) is 17.1 Å². The molecule has 1 saturated carbocycles. The minimum absolute atomic E-state index is 0.0217. The first-order chi connectivity index (χ1) is 11.6. The Hall–Kier alpha value is -1.88. The molecular formula is C19H27N3O2. The lowest BCUT2D eigenvalue weighted by Crippen LogP contribution is -2.40. The van der Waals surface area contributed by atoms with Crippen molar-refractivity contribution in [3.05, 3.63) is 29.6 Å². The number of fused-ring (bicyclic) bond motifs is 1. The number of nitrogens with zero attached hydrogens (tertiary/aromatic N) is 2. The molecule has 1 aromatic heterocycles. The molecule has 1 heterocycles. The third-order valence-corrected chi connectivity index (χ3v) is 5.07. The standard InChI is InChI=1S/C19H27N3O2/c1-3-22(19(24)14-7-5-8-15(23)12-14)11-10-17-20-16-9-4-6-13(2)18(16)21-17/h4,6,9,14-15,23H,3,5,7-8,10-12H2,1-2H3,(H,20,21)/t14-,15-/m1/s1. The number of hydrogen-bond donors (Lipinski definition) is 2. The van der Waals surface area contributed by atoms with Crippen LogP contribution in [0, 0.1) is 12.8 Å². The van der Waals surface area contributed by atoms with Crippen LogP contribution >= 0.6 is 0 Å². The number of nitrogens with one attached hydrogen (secondary N) is 1. The molecule has 0 aliphatic heterocycles. The van der Waals surface area contributed by atoms with Crippen molar-refractivity contribution < 1.29 is 9.90 Å². The Morgan fingerprint density at radius 2 is 2.25 bits per heavy atom. The molecule has 5 nitrogen and oxygen atoms in total. The molecule has 1 fully saturated rings. The number of imidazole rings is 1. The summed E-state index contributed by atoms with van der Waals surface area (Å²) in [5, 5.41) is 9.81. The molecule has 130 valence electrons. The quantitative estimate of drug-likeness (QED) is 0.886. The zero-order chi connectivity index (χ0) is 17.1. The van der Waals surface area contributed by atoms with Crippen molar-refractivity contribution in [2.24, 2.45) is 5.92 Å². The van der Waals surface area contributed by atoms with Crippen LogP contribution in [0.4, 0.5) is 0 Å². The molecule has 2 N–H and O–H groups in total. The highest BCUT2D eigenvalue weighted by Gasteiger charge is 2.28. The number of carbonyl (C=O) groups is 1. The summed E-state index contributed by atoms with van der Waals surface area (Å²) in [7, 11) is 0. The van der Waals surface area contributed by atoms with Crippen molar-refractivity contribution in [3.63, 3.8) is 0 Å². The Kier molecular flexibility index (Phi) is 5.19. The number of aryl methyl sites for hydroxylation is 1. The molecule has 2 atom stereocenters. The molecule has 1 aliphatic rings. The fourth-order valence-corrected chi connectivity index (χ4v) is 3.66. The van der Waals surface area contributed by atoms with Gasteiger partial charge in [0, 0.05) is 25.4 Å². The maximum absolute atomic E-state index is 12.7. The summed E-state index contributed by atoms with van der Waals surface area (Å²) < 4.78 is 0. The van der Waals surface area contributed by atoms with E-state index in [0.29, 0.717) is 19.5 Å². The monoisotopic (exact) mass is 329 g/mol. The topological polar surface area (TPSA) is 69.2 Å². The maximum Gasteiger partial charge on any atom is 0.225 e. The highest BCUT2D eigenvalue weighted by molar-refractivity contribution is 5.79. The van der Waals surface area contributed by atoms with Gasteiger partial charge in [-0.15, -0.1) is 0 Å². The van der Waals surface area contributed by atoms with E-state index in [2.05, 4.69) is 23.0 Å². The average molecular weight is 329 g/mol. The molecule has 1 aromatic carbocycles. The van der Waals surface area contributed by atoms with E-state index in [1.807, 2.05) is 24.0 Å². The molecule has 1 aliphatic carbocycles. The lowest BCUT2D eigenvalue weighted by atomic mass is 9.86. The molecule has 2 aromatic rings. The van der Waals surface area contributed by atoms with Gasteiger partial charge >= 0.3 is 0 Å². The van der Waals surface area contributed by atoms with Gasteiger partial charge in [0.15, 0.2) is 0 Å². The first kappa shape index (κ1) is 17.0. The van der Waals surface area contributed by atoms with E-state index in [1.165, 1.54) is 0 Å². The summed E-state index contributed by atoms with van der Waals surface area (Å²) in [6, 6.07) is 6.12. The van der Waals surface area contributed by atoms with Crippen LogP contribution in [-0.2, 0) is 11.2 Å². The van der Waals surface area contributed by atoms with Crippen molar-refractivity contribution in [2.75, 3.05) is 13.1 Å². The first-order valence-electron chi connectivity index (χ1n) is 8.99. The zero-order valence-corrected chi connectivity index (χ0v) is 14.6. The van der Waals surface area contributed by atoms with E-state index in [-0.39, 0.29) is 17.9 Å². The Balaban J connectivity index is 1.64. The predicted molar refractivity (Wildman–Crippen MR) is 94.8 cm³/mol. The van der Waals surface area contributed by atoms with Crippen LogP contribution in [0.25, 0.3) is 11.0 Å². The average Bonchev–Trinajstić information content (AvgIpc) is 3.00. The SMILES string of the molecule is CCN(CCc1nc2c(C)cccc2[nH]1)C(=O)[C@@H]1CCC[C@@H](O)C1. The second kappa shape index (κ2) is 7.34. The Bertz CT molecular complexity index is 710. The molecule has 0 bridgehead atoms. The van der Waals surface area contributed by atoms with Gasteiger partial charge in [-0.2, -0.15) is 0 Å². The van der Waals surface area contributed by atoms with Crippen LogP contribution < -0.4 is 0 Å². The maximum atomic E-state index is 12.7. The summed E-state index contributed by atoms with van der Waals surface area (Å²) in [5.74, 6) is 1.09. The molecule has 0 unspecified atom stereocenters. The summed E-state index contributed by atoms with van der Waals surface area (Å²) in [6.07, 6.45) is 3.69. The van der Waals surface area contributed by atoms with Crippen LogP contribution in [0.1, 0.15) is 44.0 Å². The third kappa shape index (κ3) is 3.61. The van der Waals surface area contributed by atoms with Crippen LogP contribution in [0.15, 0.2) is 18.2 Å². The number of H-pyrrole nitrogens is 1. The minimum Gasteiger partial charge on any atom is -0.393 e. The second-order valence-corrected chi connectivity index (χ2v) is 6.84. The fraction of sp³-hybridized carbons (Fsp3) is 0.579. The number of hydrogen-bond acceptors (Lipinski definition) is 3. The minimum atomic E-state index is -0.315. The van der Waals surface area contributed by atoms with Crippen molar-refractivity contribution in [1.82, 2.24) is 14.9 Å². The number of amides is 1. The van der Waals surface area contributed by atoms with E-state index < -0.39 is 0 Å². The van der Waals surface area contributed by atoms with Crippen LogP contribution in [0.2, 0.25) is 0 Å². The van der Waals surface area contributed by atoms with E-state index in [4.69, 9.17) is 0 Å². The third-order valence-electron chi connectivity index (χ3n) is 5.07. The highest BCUT2D eigenvalue weighted by atomic mass is 16.3. The zero-order valence-electron chi connectivity index (χ0n) is 14.6. The fourth-order valence-electron chi connectivity index (χ4n) is 3.66. The predicted octanol–water partition coefficient (Wildman–Crippen LogP) is 2.81. The summed E-state index contributed by atoms with van der Waals surface area (Å²) in [5.41, 5.74) is 3.22. The van der Waals surface area contributed by atoms with Gasteiger partial charge in [-0.05, 0) is 44.7 Å². The second-order valence-electron chi connectivity index (χ2n) is 6.84. The molecule has 0 radical (unpaired) electrons. The van der Waals surface area contributed by atoms with Gasteiger partial charge in [0.1, 0.15) is 5.82 Å². The number of likely N-dealkylation sites (N-methyl/N-ethyl adjacent to an activating group) is 1. The lowest BCUT2D eigenvalue weighted by molar-refractivity contribution is -0.137. The van der Waals surface area contributed by atoms with Crippen molar-refractivity contribution in [1.29, 1.82) is 0 Å².